The maximum atomic E-state index is 5.83. The molecule has 3 rings (SSSR count). The predicted octanol–water partition coefficient (Wildman–Crippen LogP) is 2.71. The number of nitrogens with zero attached hydrogens (tertiary/aromatic N) is 2. The minimum atomic E-state index is 0.339. The predicted molar refractivity (Wildman–Crippen MR) is 75.7 cm³/mol. The quantitative estimate of drug-likeness (QED) is 0.908. The van der Waals surface area contributed by atoms with E-state index in [2.05, 4.69) is 28.0 Å². The molecule has 2 heterocycles. The summed E-state index contributed by atoms with van der Waals surface area (Å²) in [6.45, 7) is 1.72. The molecule has 0 aromatic carbocycles. The second kappa shape index (κ2) is 5.61. The van der Waals surface area contributed by atoms with Gasteiger partial charge in [0.25, 0.3) is 0 Å². The second-order valence-corrected chi connectivity index (χ2v) is 5.36. The monoisotopic (exact) mass is 259 g/mol. The van der Waals surface area contributed by atoms with Gasteiger partial charge in [0.15, 0.2) is 0 Å². The number of nitrogen functional groups attached to an aromatic ring is 1. The number of allylic oxidation sites excluding steroid dienone is 4. The molecule has 1 saturated heterocycles. The van der Waals surface area contributed by atoms with Gasteiger partial charge >= 0.3 is 0 Å². The first-order chi connectivity index (χ1) is 9.34. The number of hydrogen-bond donors (Lipinski definition) is 1. The van der Waals surface area contributed by atoms with Crippen LogP contribution in [0.2, 0.25) is 0 Å². The first kappa shape index (κ1) is 12.5. The van der Waals surface area contributed by atoms with E-state index in [1.54, 1.807) is 6.20 Å². The summed E-state index contributed by atoms with van der Waals surface area (Å²) in [7, 11) is 0. The normalized spacial score (nSPS) is 22.2. The molecule has 0 bridgehead atoms. The van der Waals surface area contributed by atoms with Crippen LogP contribution in [0.15, 0.2) is 36.2 Å². The first-order valence-electron chi connectivity index (χ1n) is 7.07. The van der Waals surface area contributed by atoms with Crippen LogP contribution in [0.4, 0.5) is 5.69 Å². The zero-order valence-corrected chi connectivity index (χ0v) is 11.2. The van der Waals surface area contributed by atoms with Crippen LogP contribution in [0.1, 0.15) is 31.7 Å². The van der Waals surface area contributed by atoms with Crippen LogP contribution in [0.5, 0.6) is 0 Å². The zero-order chi connectivity index (χ0) is 13.1. The molecule has 0 radical (unpaired) electrons. The van der Waals surface area contributed by atoms with E-state index in [4.69, 9.17) is 10.5 Å². The Balaban J connectivity index is 1.90. The van der Waals surface area contributed by atoms with Crippen molar-refractivity contribution in [2.45, 2.75) is 31.7 Å². The van der Waals surface area contributed by atoms with Crippen LogP contribution >= 0.6 is 0 Å². The number of ether oxygens (including phenoxy) is 1. The molecule has 4 nitrogen and oxygen atoms in total. The highest BCUT2D eigenvalue weighted by molar-refractivity contribution is 5.32. The van der Waals surface area contributed by atoms with Gasteiger partial charge in [0, 0.05) is 19.4 Å². The van der Waals surface area contributed by atoms with Gasteiger partial charge < -0.3 is 10.5 Å². The first-order valence-corrected chi connectivity index (χ1v) is 7.07. The zero-order valence-electron chi connectivity index (χ0n) is 11.2. The van der Waals surface area contributed by atoms with Gasteiger partial charge in [0.1, 0.15) is 0 Å². The van der Waals surface area contributed by atoms with Crippen LogP contribution < -0.4 is 5.73 Å². The van der Waals surface area contributed by atoms with E-state index < -0.39 is 0 Å². The van der Waals surface area contributed by atoms with Gasteiger partial charge in [-0.3, -0.25) is 4.68 Å². The standard InChI is InChI=1S/C15H21N3O/c16-14-10-17-18(11-14)15(12-4-2-1-3-5-12)13-6-8-19-9-7-13/h1-2,4,10-11,13,15H,3,5-9,16H2. The molecule has 1 atom stereocenters. The lowest BCUT2D eigenvalue weighted by molar-refractivity contribution is 0.0516. The SMILES string of the molecule is Nc1cnn(C(C2=CC=CCC2)C2CCOCC2)c1. The Bertz CT molecular complexity index is 483. The third-order valence-corrected chi connectivity index (χ3v) is 4.04. The molecule has 1 aliphatic carbocycles. The lowest BCUT2D eigenvalue weighted by Gasteiger charge is -2.33. The number of hydrogen-bond acceptors (Lipinski definition) is 3. The Hall–Kier alpha value is -1.55. The molecule has 0 spiro atoms. The molecule has 1 aromatic heterocycles. The van der Waals surface area contributed by atoms with Crippen molar-refractivity contribution in [1.82, 2.24) is 9.78 Å². The Morgan fingerprint density at radius 1 is 1.37 bits per heavy atom. The highest BCUT2D eigenvalue weighted by Gasteiger charge is 2.29. The summed E-state index contributed by atoms with van der Waals surface area (Å²) in [4.78, 5) is 0. The van der Waals surface area contributed by atoms with E-state index in [1.807, 2.05) is 6.20 Å². The summed E-state index contributed by atoms with van der Waals surface area (Å²) >= 11 is 0. The number of aromatic nitrogens is 2. The smallest absolute Gasteiger partial charge is 0.0762 e. The van der Waals surface area contributed by atoms with Gasteiger partial charge in [0.2, 0.25) is 0 Å². The lowest BCUT2D eigenvalue weighted by atomic mass is 9.84. The van der Waals surface area contributed by atoms with E-state index in [1.165, 1.54) is 5.57 Å². The molecule has 1 fully saturated rings. The van der Waals surface area contributed by atoms with Crippen molar-refractivity contribution < 1.29 is 4.74 Å². The molecular formula is C15H21N3O. The highest BCUT2D eigenvalue weighted by atomic mass is 16.5. The highest BCUT2D eigenvalue weighted by Crippen LogP contribution is 2.36. The number of rotatable bonds is 3. The Morgan fingerprint density at radius 2 is 2.21 bits per heavy atom. The van der Waals surface area contributed by atoms with Gasteiger partial charge in [0.05, 0.1) is 17.9 Å². The molecular weight excluding hydrogens is 238 g/mol. The molecule has 102 valence electrons. The maximum Gasteiger partial charge on any atom is 0.0762 e. The van der Waals surface area contributed by atoms with Crippen molar-refractivity contribution in [2.75, 3.05) is 18.9 Å². The molecule has 0 saturated carbocycles. The summed E-state index contributed by atoms with van der Waals surface area (Å²) in [6.07, 6.45) is 14.8. The maximum absolute atomic E-state index is 5.83. The van der Waals surface area contributed by atoms with E-state index in [-0.39, 0.29) is 0 Å². The molecule has 2 aliphatic rings. The van der Waals surface area contributed by atoms with Gasteiger partial charge in [-0.2, -0.15) is 5.10 Å². The van der Waals surface area contributed by atoms with E-state index in [9.17, 15) is 0 Å². The largest absolute Gasteiger partial charge is 0.396 e. The van der Waals surface area contributed by atoms with E-state index in [0.29, 0.717) is 12.0 Å². The van der Waals surface area contributed by atoms with Crippen molar-refractivity contribution >= 4 is 5.69 Å². The minimum absolute atomic E-state index is 0.339. The average Bonchev–Trinajstić information content (AvgIpc) is 2.88. The van der Waals surface area contributed by atoms with Crippen molar-refractivity contribution in [3.8, 4) is 0 Å². The van der Waals surface area contributed by atoms with Crippen LogP contribution in [0, 0.1) is 5.92 Å². The average molecular weight is 259 g/mol. The number of anilines is 1. The van der Waals surface area contributed by atoms with Gasteiger partial charge in [-0.1, -0.05) is 18.2 Å². The van der Waals surface area contributed by atoms with Crippen LogP contribution in [-0.4, -0.2) is 23.0 Å². The lowest BCUT2D eigenvalue weighted by Crippen LogP contribution is -2.28. The van der Waals surface area contributed by atoms with E-state index >= 15 is 0 Å². The molecule has 1 aromatic rings. The van der Waals surface area contributed by atoms with Crippen molar-refractivity contribution in [3.05, 3.63) is 36.2 Å². The third-order valence-electron chi connectivity index (χ3n) is 4.04. The molecule has 0 amide bonds. The Kier molecular flexibility index (Phi) is 3.69. The van der Waals surface area contributed by atoms with Gasteiger partial charge in [-0.25, -0.2) is 0 Å². The second-order valence-electron chi connectivity index (χ2n) is 5.36. The van der Waals surface area contributed by atoms with Crippen molar-refractivity contribution in [1.29, 1.82) is 0 Å². The molecule has 19 heavy (non-hydrogen) atoms. The fourth-order valence-electron chi connectivity index (χ4n) is 3.09. The summed E-state index contributed by atoms with van der Waals surface area (Å²) < 4.78 is 7.54. The fourth-order valence-corrected chi connectivity index (χ4v) is 3.09. The molecule has 4 heteroatoms. The van der Waals surface area contributed by atoms with E-state index in [0.717, 1.165) is 44.6 Å². The van der Waals surface area contributed by atoms with Gasteiger partial charge in [-0.15, -0.1) is 0 Å². The van der Waals surface area contributed by atoms with Crippen LogP contribution in [0.3, 0.4) is 0 Å². The van der Waals surface area contributed by atoms with Crippen LogP contribution in [-0.2, 0) is 4.74 Å². The fraction of sp³-hybridized carbons (Fsp3) is 0.533. The minimum Gasteiger partial charge on any atom is -0.396 e. The molecule has 1 unspecified atom stereocenters. The molecule has 1 aliphatic heterocycles. The van der Waals surface area contributed by atoms with Crippen LogP contribution in [0.25, 0.3) is 0 Å². The molecule has 2 N–H and O–H groups in total. The third kappa shape index (κ3) is 2.73. The van der Waals surface area contributed by atoms with Gasteiger partial charge in [-0.05, 0) is 37.2 Å². The van der Waals surface area contributed by atoms with Crippen molar-refractivity contribution in [3.63, 3.8) is 0 Å². The summed E-state index contributed by atoms with van der Waals surface area (Å²) in [5, 5.41) is 4.45. The summed E-state index contributed by atoms with van der Waals surface area (Å²) in [5.74, 6) is 0.603. The summed E-state index contributed by atoms with van der Waals surface area (Å²) in [5.41, 5.74) is 8.04. The topological polar surface area (TPSA) is 53.1 Å². The van der Waals surface area contributed by atoms with Crippen molar-refractivity contribution in [2.24, 2.45) is 5.92 Å². The summed E-state index contributed by atoms with van der Waals surface area (Å²) in [6, 6.07) is 0.339. The Labute approximate surface area is 113 Å². The Morgan fingerprint density at radius 3 is 2.84 bits per heavy atom. The number of nitrogens with two attached hydrogens (primary N) is 1.